The lowest BCUT2D eigenvalue weighted by Gasteiger charge is -2.45. The first-order chi connectivity index (χ1) is 22.2. The standard InChI is InChI=1S/C36H27N3O7/c1-19-10-11-22(17-28(19)39(44)45)37-18-20(16-29(37)40)36(43)46-23-14-12-21(13-15-23)38-34(41)32-30-24-6-2-3-7-25(24)31(33(32)35(38)42)27-9-5-4-8-26(27)30/h2-15,17,20,30-33H,16,18H2,1H3/t20-,30?,31?,32+,33+/m1/s1. The molecule has 0 radical (unpaired) electrons. The summed E-state index contributed by atoms with van der Waals surface area (Å²) in [5.41, 5.74) is 5.52. The molecule has 2 aliphatic heterocycles. The molecule has 2 heterocycles. The fraction of sp³-hybridized carbons (Fsp3) is 0.222. The van der Waals surface area contributed by atoms with Gasteiger partial charge in [0.1, 0.15) is 5.75 Å². The van der Waals surface area contributed by atoms with Crippen molar-refractivity contribution in [3.05, 3.63) is 129 Å². The molecule has 2 bridgehead atoms. The van der Waals surface area contributed by atoms with Crippen LogP contribution in [-0.2, 0) is 19.2 Å². The number of hydrogen-bond acceptors (Lipinski definition) is 7. The van der Waals surface area contributed by atoms with E-state index in [1.165, 1.54) is 28.0 Å². The van der Waals surface area contributed by atoms with Crippen molar-refractivity contribution in [2.75, 3.05) is 16.3 Å². The van der Waals surface area contributed by atoms with Gasteiger partial charge >= 0.3 is 5.97 Å². The molecular weight excluding hydrogens is 586 g/mol. The molecule has 2 saturated heterocycles. The zero-order valence-corrected chi connectivity index (χ0v) is 24.7. The second-order valence-corrected chi connectivity index (χ2v) is 12.3. The fourth-order valence-corrected chi connectivity index (χ4v) is 7.87. The predicted molar refractivity (Wildman–Crippen MR) is 166 cm³/mol. The van der Waals surface area contributed by atoms with Gasteiger partial charge in [-0.2, -0.15) is 0 Å². The number of aryl methyl sites for hydroxylation is 1. The van der Waals surface area contributed by atoms with Crippen LogP contribution in [-0.4, -0.2) is 35.2 Å². The van der Waals surface area contributed by atoms with Crippen molar-refractivity contribution < 1.29 is 28.8 Å². The lowest BCUT2D eigenvalue weighted by molar-refractivity contribution is -0.385. The SMILES string of the molecule is Cc1ccc(N2C[C@H](C(=O)Oc3ccc(N4C(=O)[C@H]5C6c7ccccc7C(c7ccccc76)[C@@H]5C4=O)cc3)CC2=O)cc1[N+](=O)[O-]. The molecule has 10 nitrogen and oxygen atoms in total. The van der Waals surface area contributed by atoms with Gasteiger partial charge in [-0.15, -0.1) is 0 Å². The minimum absolute atomic E-state index is 0.0304. The number of imide groups is 1. The molecular formula is C36H27N3O7. The van der Waals surface area contributed by atoms with E-state index in [1.807, 2.05) is 24.3 Å². The first-order valence-corrected chi connectivity index (χ1v) is 15.2. The predicted octanol–water partition coefficient (Wildman–Crippen LogP) is 5.26. The number of carbonyl (C=O) groups is 4. The van der Waals surface area contributed by atoms with Crippen LogP contribution in [0.1, 0.15) is 46.1 Å². The molecule has 46 heavy (non-hydrogen) atoms. The van der Waals surface area contributed by atoms with Gasteiger partial charge in [0.2, 0.25) is 17.7 Å². The molecule has 0 aromatic heterocycles. The van der Waals surface area contributed by atoms with Gasteiger partial charge in [-0.1, -0.05) is 54.6 Å². The topological polar surface area (TPSA) is 127 Å². The molecule has 228 valence electrons. The highest BCUT2D eigenvalue weighted by Crippen LogP contribution is 2.61. The maximum Gasteiger partial charge on any atom is 0.316 e. The molecule has 3 atom stereocenters. The summed E-state index contributed by atoms with van der Waals surface area (Å²) in [6.45, 7) is 1.65. The molecule has 0 saturated carbocycles. The second-order valence-electron chi connectivity index (χ2n) is 12.3. The molecule has 0 spiro atoms. The first kappa shape index (κ1) is 27.9. The minimum Gasteiger partial charge on any atom is -0.426 e. The first-order valence-electron chi connectivity index (χ1n) is 15.2. The Bertz CT molecular complexity index is 1890. The third-order valence-corrected chi connectivity index (χ3v) is 9.92. The van der Waals surface area contributed by atoms with E-state index >= 15 is 0 Å². The van der Waals surface area contributed by atoms with Crippen LogP contribution in [0.3, 0.4) is 0 Å². The van der Waals surface area contributed by atoms with Gasteiger partial charge in [0, 0.05) is 36.4 Å². The molecule has 2 fully saturated rings. The number of anilines is 2. The zero-order valence-electron chi connectivity index (χ0n) is 24.7. The van der Waals surface area contributed by atoms with Crippen molar-refractivity contribution in [1.29, 1.82) is 0 Å². The number of esters is 1. The summed E-state index contributed by atoms with van der Waals surface area (Å²) in [5, 5.41) is 11.4. The molecule has 3 amide bonds. The molecule has 3 aliphatic carbocycles. The molecule has 4 aromatic carbocycles. The Morgan fingerprint density at radius 1 is 0.783 bits per heavy atom. The van der Waals surface area contributed by atoms with Crippen LogP contribution in [0.4, 0.5) is 17.1 Å². The maximum atomic E-state index is 14.0. The Labute approximate surface area is 263 Å². The van der Waals surface area contributed by atoms with Crippen molar-refractivity contribution >= 4 is 40.8 Å². The second kappa shape index (κ2) is 10.2. The van der Waals surface area contributed by atoms with Crippen LogP contribution >= 0.6 is 0 Å². The summed E-state index contributed by atoms with van der Waals surface area (Å²) < 4.78 is 5.59. The van der Waals surface area contributed by atoms with Crippen molar-refractivity contribution in [3.8, 4) is 5.75 Å². The van der Waals surface area contributed by atoms with Crippen LogP contribution in [0.15, 0.2) is 91.0 Å². The van der Waals surface area contributed by atoms with E-state index in [4.69, 9.17) is 4.74 Å². The van der Waals surface area contributed by atoms with E-state index in [1.54, 1.807) is 31.2 Å². The third-order valence-electron chi connectivity index (χ3n) is 9.92. The van der Waals surface area contributed by atoms with Gasteiger partial charge in [-0.05, 0) is 59.5 Å². The Hall–Kier alpha value is -5.64. The summed E-state index contributed by atoms with van der Waals surface area (Å²) in [5.74, 6) is -3.39. The van der Waals surface area contributed by atoms with E-state index in [0.29, 0.717) is 16.9 Å². The monoisotopic (exact) mass is 613 g/mol. The van der Waals surface area contributed by atoms with Gasteiger partial charge in [-0.25, -0.2) is 4.90 Å². The number of rotatable bonds is 5. The van der Waals surface area contributed by atoms with E-state index < -0.39 is 28.6 Å². The van der Waals surface area contributed by atoms with E-state index in [9.17, 15) is 29.3 Å². The van der Waals surface area contributed by atoms with Gasteiger partial charge in [0.05, 0.1) is 34.1 Å². The Morgan fingerprint density at radius 2 is 1.30 bits per heavy atom. The number of carbonyl (C=O) groups excluding carboxylic acids is 4. The Balaban J connectivity index is 1.00. The lowest BCUT2D eigenvalue weighted by Crippen LogP contribution is -2.41. The largest absolute Gasteiger partial charge is 0.426 e. The molecule has 9 rings (SSSR count). The highest BCUT2D eigenvalue weighted by Gasteiger charge is 2.61. The van der Waals surface area contributed by atoms with E-state index in [-0.39, 0.29) is 54.0 Å². The summed E-state index contributed by atoms with van der Waals surface area (Å²) in [6, 6.07) is 26.9. The van der Waals surface area contributed by atoms with Crippen molar-refractivity contribution in [2.45, 2.75) is 25.2 Å². The molecule has 0 unspecified atom stereocenters. The van der Waals surface area contributed by atoms with Crippen molar-refractivity contribution in [2.24, 2.45) is 17.8 Å². The van der Waals surface area contributed by atoms with E-state index in [0.717, 1.165) is 22.3 Å². The molecule has 10 heteroatoms. The highest BCUT2D eigenvalue weighted by molar-refractivity contribution is 6.23. The average Bonchev–Trinajstić information content (AvgIpc) is 3.58. The van der Waals surface area contributed by atoms with Crippen LogP contribution in [0.5, 0.6) is 5.75 Å². The number of nitrogens with zero attached hydrogens (tertiary/aromatic N) is 3. The van der Waals surface area contributed by atoms with Crippen LogP contribution in [0, 0.1) is 34.8 Å². The number of ether oxygens (including phenoxy) is 1. The quantitative estimate of drug-likeness (QED) is 0.0988. The summed E-state index contributed by atoms with van der Waals surface area (Å²) >= 11 is 0. The summed E-state index contributed by atoms with van der Waals surface area (Å²) in [7, 11) is 0. The van der Waals surface area contributed by atoms with Crippen LogP contribution < -0.4 is 14.5 Å². The number of nitro benzene ring substituents is 1. The maximum absolute atomic E-state index is 14.0. The van der Waals surface area contributed by atoms with Gasteiger partial charge in [0.15, 0.2) is 0 Å². The number of nitro groups is 1. The minimum atomic E-state index is -0.767. The number of amides is 3. The summed E-state index contributed by atoms with van der Waals surface area (Å²) in [6.07, 6.45) is -0.0920. The van der Waals surface area contributed by atoms with Gasteiger partial charge in [-0.3, -0.25) is 29.3 Å². The van der Waals surface area contributed by atoms with Gasteiger partial charge < -0.3 is 9.64 Å². The Kier molecular flexibility index (Phi) is 6.18. The molecule has 0 N–H and O–H groups in total. The van der Waals surface area contributed by atoms with E-state index in [2.05, 4.69) is 24.3 Å². The van der Waals surface area contributed by atoms with Gasteiger partial charge in [0.25, 0.3) is 5.69 Å². The van der Waals surface area contributed by atoms with Crippen LogP contribution in [0.2, 0.25) is 0 Å². The number of benzene rings is 4. The lowest BCUT2D eigenvalue weighted by atomic mass is 9.55. The van der Waals surface area contributed by atoms with Crippen molar-refractivity contribution in [3.63, 3.8) is 0 Å². The third kappa shape index (κ3) is 4.02. The Morgan fingerprint density at radius 3 is 1.83 bits per heavy atom. The smallest absolute Gasteiger partial charge is 0.316 e. The normalized spacial score (nSPS) is 24.1. The average molecular weight is 614 g/mol. The zero-order chi connectivity index (χ0) is 31.9. The number of hydrogen-bond donors (Lipinski definition) is 0. The summed E-state index contributed by atoms with van der Waals surface area (Å²) in [4.78, 5) is 67.3. The fourth-order valence-electron chi connectivity index (χ4n) is 7.87. The van der Waals surface area contributed by atoms with Crippen molar-refractivity contribution in [1.82, 2.24) is 0 Å². The molecule has 4 aromatic rings. The van der Waals surface area contributed by atoms with Crippen LogP contribution in [0.25, 0.3) is 0 Å². The highest BCUT2D eigenvalue weighted by atomic mass is 16.6. The molecule has 5 aliphatic rings.